The maximum atomic E-state index is 4.81. The van der Waals surface area contributed by atoms with Crippen LogP contribution >= 0.6 is 0 Å². The minimum absolute atomic E-state index is 0.490. The van der Waals surface area contributed by atoms with E-state index in [1.165, 1.54) is 11.0 Å². The van der Waals surface area contributed by atoms with Gasteiger partial charge >= 0.3 is 0 Å². The van der Waals surface area contributed by atoms with Gasteiger partial charge in [-0.1, -0.05) is 18.5 Å². The van der Waals surface area contributed by atoms with Gasteiger partial charge in [0, 0.05) is 31.4 Å². The van der Waals surface area contributed by atoms with E-state index in [0.717, 1.165) is 55.2 Å². The molecule has 1 N–H and O–H groups in total. The number of rotatable bonds is 3. The molecule has 0 radical (unpaired) electrons. The molecular weight excluding hydrogens is 297 g/mol. The number of imidazole rings is 1. The number of aryl methyl sites for hydroxylation is 1. The van der Waals surface area contributed by atoms with Crippen molar-refractivity contribution in [2.24, 2.45) is 0 Å². The van der Waals surface area contributed by atoms with Crippen molar-refractivity contribution in [1.29, 1.82) is 0 Å². The van der Waals surface area contributed by atoms with Gasteiger partial charge in [0.2, 0.25) is 5.95 Å². The van der Waals surface area contributed by atoms with Gasteiger partial charge in [-0.3, -0.25) is 0 Å². The van der Waals surface area contributed by atoms with Crippen LogP contribution in [0.4, 0.5) is 5.95 Å². The Hall–Kier alpha value is -2.37. The second-order valence-corrected chi connectivity index (χ2v) is 6.65. The first-order chi connectivity index (χ1) is 11.7. The van der Waals surface area contributed by atoms with E-state index < -0.39 is 0 Å². The number of nitrogens with one attached hydrogen (secondary N) is 1. The van der Waals surface area contributed by atoms with Crippen LogP contribution in [0.5, 0.6) is 0 Å². The van der Waals surface area contributed by atoms with Crippen LogP contribution in [0.15, 0.2) is 30.6 Å². The highest BCUT2D eigenvalue weighted by Gasteiger charge is 2.24. The minimum atomic E-state index is 0.490. The van der Waals surface area contributed by atoms with Crippen LogP contribution in [0, 0.1) is 0 Å². The van der Waals surface area contributed by atoms with Crippen LogP contribution in [0.3, 0.4) is 0 Å². The summed E-state index contributed by atoms with van der Waals surface area (Å²) in [7, 11) is 2.11. The van der Waals surface area contributed by atoms with Gasteiger partial charge in [0.15, 0.2) is 0 Å². The molecule has 1 aromatic carbocycles. The first-order valence-electron chi connectivity index (χ1n) is 8.75. The summed E-state index contributed by atoms with van der Waals surface area (Å²) in [5, 5.41) is 0. The van der Waals surface area contributed by atoms with Gasteiger partial charge in [0.1, 0.15) is 13.7 Å². The van der Waals surface area contributed by atoms with Crippen molar-refractivity contribution >= 4 is 30.3 Å². The number of aromatic amines is 1. The molecule has 0 atom stereocenters. The summed E-state index contributed by atoms with van der Waals surface area (Å²) in [6, 6.07) is 6.40. The molecule has 1 fully saturated rings. The van der Waals surface area contributed by atoms with Gasteiger partial charge in [-0.2, -0.15) is 0 Å². The third kappa shape index (κ3) is 2.88. The van der Waals surface area contributed by atoms with Crippen LogP contribution < -0.4 is 10.4 Å². The Morgan fingerprint density at radius 1 is 1.21 bits per heavy atom. The number of H-pyrrole nitrogens is 1. The topological polar surface area (TPSA) is 57.7 Å². The lowest BCUT2D eigenvalue weighted by Gasteiger charge is -2.31. The lowest BCUT2D eigenvalue weighted by atomic mass is 9.96. The Bertz CT molecular complexity index is 834. The van der Waals surface area contributed by atoms with Crippen molar-refractivity contribution in [3.8, 4) is 0 Å². The van der Waals surface area contributed by atoms with Crippen LogP contribution in [0.2, 0.25) is 0 Å². The molecule has 0 unspecified atom stereocenters. The quantitative estimate of drug-likeness (QED) is 0.745. The molecule has 4 rings (SSSR count). The molecule has 0 bridgehead atoms. The van der Waals surface area contributed by atoms with Crippen molar-refractivity contribution in [1.82, 2.24) is 19.9 Å². The lowest BCUT2D eigenvalue weighted by Crippen LogP contribution is -2.34. The standard InChI is InChI=1S/C18H22BN5/c1-2-12-10-20-18(21-11-12)24-7-5-13(6-8-24)17-22-15-4-3-14(19)9-16(15)23-17/h3-4,9-11,13H,2,5-8,19H2,1H3,(H,22,23). The zero-order chi connectivity index (χ0) is 16.5. The number of hydrogen-bond acceptors (Lipinski definition) is 4. The zero-order valence-corrected chi connectivity index (χ0v) is 14.3. The van der Waals surface area contributed by atoms with Gasteiger partial charge in [0.25, 0.3) is 0 Å². The van der Waals surface area contributed by atoms with Crippen LogP contribution in [-0.2, 0) is 6.42 Å². The summed E-state index contributed by atoms with van der Waals surface area (Å²) in [6.07, 6.45) is 7.02. The normalized spacial score (nSPS) is 16.0. The molecule has 1 aliphatic heterocycles. The predicted molar refractivity (Wildman–Crippen MR) is 99.9 cm³/mol. The number of benzene rings is 1. The largest absolute Gasteiger partial charge is 0.342 e. The molecule has 0 amide bonds. The highest BCUT2D eigenvalue weighted by Crippen LogP contribution is 2.28. The highest BCUT2D eigenvalue weighted by atomic mass is 15.2. The molecule has 3 heterocycles. The maximum Gasteiger partial charge on any atom is 0.225 e. The number of hydrogen-bond donors (Lipinski definition) is 1. The summed E-state index contributed by atoms with van der Waals surface area (Å²) in [4.78, 5) is 19.6. The molecule has 5 nitrogen and oxygen atoms in total. The van der Waals surface area contributed by atoms with E-state index >= 15 is 0 Å². The molecule has 0 spiro atoms. The lowest BCUT2D eigenvalue weighted by molar-refractivity contribution is 0.484. The molecule has 0 saturated carbocycles. The monoisotopic (exact) mass is 319 g/mol. The Labute approximate surface area is 142 Å². The van der Waals surface area contributed by atoms with Crippen molar-refractivity contribution in [2.45, 2.75) is 32.1 Å². The molecule has 122 valence electrons. The van der Waals surface area contributed by atoms with Gasteiger partial charge in [-0.25, -0.2) is 15.0 Å². The number of aromatic nitrogens is 4. The van der Waals surface area contributed by atoms with Crippen molar-refractivity contribution < 1.29 is 0 Å². The molecule has 24 heavy (non-hydrogen) atoms. The van der Waals surface area contributed by atoms with Crippen molar-refractivity contribution in [2.75, 3.05) is 18.0 Å². The van der Waals surface area contributed by atoms with E-state index in [1.54, 1.807) is 0 Å². The van der Waals surface area contributed by atoms with Crippen molar-refractivity contribution in [3.63, 3.8) is 0 Å². The SMILES string of the molecule is Bc1ccc2[nH]c(C3CCN(c4ncc(CC)cn4)CC3)nc2c1. The smallest absolute Gasteiger partial charge is 0.225 e. The maximum absolute atomic E-state index is 4.81. The Morgan fingerprint density at radius 2 is 1.96 bits per heavy atom. The van der Waals surface area contributed by atoms with E-state index in [2.05, 4.69) is 52.8 Å². The van der Waals surface area contributed by atoms with Crippen LogP contribution in [0.25, 0.3) is 11.0 Å². The van der Waals surface area contributed by atoms with E-state index in [-0.39, 0.29) is 0 Å². The Balaban J connectivity index is 1.46. The highest BCUT2D eigenvalue weighted by molar-refractivity contribution is 6.33. The second-order valence-electron chi connectivity index (χ2n) is 6.65. The molecule has 3 aromatic rings. The van der Waals surface area contributed by atoms with E-state index in [4.69, 9.17) is 4.98 Å². The average molecular weight is 319 g/mol. The molecule has 0 aliphatic carbocycles. The van der Waals surface area contributed by atoms with Crippen molar-refractivity contribution in [3.05, 3.63) is 42.0 Å². The van der Waals surface area contributed by atoms with Gasteiger partial charge in [-0.05, 0) is 37.0 Å². The van der Waals surface area contributed by atoms with Gasteiger partial charge in [-0.15, -0.1) is 0 Å². The molecule has 6 heteroatoms. The molecule has 1 aliphatic rings. The predicted octanol–water partition coefficient (Wildman–Crippen LogP) is 1.56. The number of piperidine rings is 1. The summed E-state index contributed by atoms with van der Waals surface area (Å²) >= 11 is 0. The van der Waals surface area contributed by atoms with Gasteiger partial charge in [0.05, 0.1) is 11.0 Å². The Morgan fingerprint density at radius 3 is 2.67 bits per heavy atom. The fourth-order valence-electron chi connectivity index (χ4n) is 3.38. The molecular formula is C18H22BN5. The van der Waals surface area contributed by atoms with Crippen LogP contribution in [-0.4, -0.2) is 40.9 Å². The minimum Gasteiger partial charge on any atom is -0.342 e. The van der Waals surface area contributed by atoms with E-state index in [0.29, 0.717) is 5.92 Å². The van der Waals surface area contributed by atoms with E-state index in [9.17, 15) is 0 Å². The summed E-state index contributed by atoms with van der Waals surface area (Å²) in [5.74, 6) is 2.47. The first kappa shape index (κ1) is 15.2. The number of anilines is 1. The molecule has 2 aromatic heterocycles. The zero-order valence-electron chi connectivity index (χ0n) is 14.3. The van der Waals surface area contributed by atoms with E-state index in [1.807, 2.05) is 12.4 Å². The van der Waals surface area contributed by atoms with Crippen LogP contribution in [0.1, 0.15) is 37.1 Å². The fraction of sp³-hybridized carbons (Fsp3) is 0.389. The Kier molecular flexibility index (Phi) is 3.96. The summed E-state index contributed by atoms with van der Waals surface area (Å²) in [5.41, 5.74) is 4.65. The number of nitrogens with zero attached hydrogens (tertiary/aromatic N) is 4. The molecule has 1 saturated heterocycles. The average Bonchev–Trinajstić information content (AvgIpc) is 3.05. The third-order valence-corrected chi connectivity index (χ3v) is 4.92. The number of fused-ring (bicyclic) bond motifs is 1. The third-order valence-electron chi connectivity index (χ3n) is 4.92. The van der Waals surface area contributed by atoms with Gasteiger partial charge < -0.3 is 9.88 Å². The summed E-state index contributed by atoms with van der Waals surface area (Å²) in [6.45, 7) is 4.08. The summed E-state index contributed by atoms with van der Waals surface area (Å²) < 4.78 is 0. The second kappa shape index (κ2) is 6.26. The first-order valence-corrected chi connectivity index (χ1v) is 8.75. The fourth-order valence-corrected chi connectivity index (χ4v) is 3.38.